The Balaban J connectivity index is 2.55. The lowest BCUT2D eigenvalue weighted by Crippen LogP contribution is -2.16. The molecular weight excluding hydrogens is 150 g/mol. The molecule has 0 fully saturated rings. The summed E-state index contributed by atoms with van der Waals surface area (Å²) in [6.07, 6.45) is 3.64. The van der Waals surface area contributed by atoms with Gasteiger partial charge in [-0.05, 0) is 33.1 Å². The average Bonchev–Trinajstić information content (AvgIpc) is 2.29. The molecule has 2 rings (SSSR count). The van der Waals surface area contributed by atoms with E-state index < -0.39 is 0 Å². The first-order chi connectivity index (χ1) is 5.70. The number of fused-ring (bicyclic) bond motifs is 1. The highest BCUT2D eigenvalue weighted by Gasteiger charge is 2.20. The van der Waals surface area contributed by atoms with E-state index in [1.165, 1.54) is 18.5 Å². The molecule has 2 N–H and O–H groups in total. The molecule has 2 heterocycles. The molecule has 0 saturated carbocycles. The van der Waals surface area contributed by atoms with E-state index in [9.17, 15) is 0 Å². The molecule has 1 unspecified atom stereocenters. The molecule has 1 aromatic rings. The number of nitrogen functional groups attached to an aromatic ring is 1. The molecule has 0 aliphatic carbocycles. The van der Waals surface area contributed by atoms with Gasteiger partial charge in [0.05, 0.1) is 5.69 Å². The molecule has 1 aromatic heterocycles. The number of aromatic nitrogens is 2. The van der Waals surface area contributed by atoms with Gasteiger partial charge in [0.2, 0.25) is 5.95 Å². The van der Waals surface area contributed by atoms with Crippen LogP contribution >= 0.6 is 0 Å². The van der Waals surface area contributed by atoms with Crippen molar-refractivity contribution in [3.63, 3.8) is 0 Å². The Hall–Kier alpha value is -0.990. The van der Waals surface area contributed by atoms with Gasteiger partial charge >= 0.3 is 0 Å². The zero-order valence-corrected chi connectivity index (χ0v) is 7.67. The third-order valence-electron chi connectivity index (χ3n) is 2.71. The van der Waals surface area contributed by atoms with Crippen molar-refractivity contribution in [3.8, 4) is 0 Å². The van der Waals surface area contributed by atoms with Crippen LogP contribution in [0.15, 0.2) is 0 Å². The molecule has 0 spiro atoms. The second kappa shape index (κ2) is 2.51. The van der Waals surface area contributed by atoms with E-state index in [4.69, 9.17) is 5.73 Å². The smallest absolute Gasteiger partial charge is 0.200 e. The van der Waals surface area contributed by atoms with Gasteiger partial charge in [0.15, 0.2) is 0 Å². The molecular formula is C9H15N3. The van der Waals surface area contributed by atoms with E-state index in [-0.39, 0.29) is 0 Å². The van der Waals surface area contributed by atoms with Gasteiger partial charge in [-0.3, -0.25) is 0 Å². The summed E-state index contributed by atoms with van der Waals surface area (Å²) in [4.78, 5) is 4.28. The van der Waals surface area contributed by atoms with Crippen LogP contribution in [0, 0.1) is 6.92 Å². The quantitative estimate of drug-likeness (QED) is 0.635. The summed E-state index contributed by atoms with van der Waals surface area (Å²) in [6, 6.07) is 0.537. The van der Waals surface area contributed by atoms with E-state index in [1.807, 2.05) is 6.92 Å². The summed E-state index contributed by atoms with van der Waals surface area (Å²) in [5, 5.41) is 0. The largest absolute Gasteiger partial charge is 0.369 e. The lowest BCUT2D eigenvalue weighted by molar-refractivity contribution is 0.436. The maximum absolute atomic E-state index is 5.80. The first-order valence-electron chi connectivity index (χ1n) is 4.53. The molecule has 1 atom stereocenters. The van der Waals surface area contributed by atoms with Gasteiger partial charge in [-0.25, -0.2) is 4.98 Å². The van der Waals surface area contributed by atoms with Crippen molar-refractivity contribution >= 4 is 5.95 Å². The predicted molar refractivity (Wildman–Crippen MR) is 49.0 cm³/mol. The van der Waals surface area contributed by atoms with Crippen LogP contribution in [-0.2, 0) is 6.42 Å². The number of nitrogens with zero attached hydrogens (tertiary/aromatic N) is 2. The summed E-state index contributed by atoms with van der Waals surface area (Å²) in [7, 11) is 0. The fourth-order valence-corrected chi connectivity index (χ4v) is 2.09. The standard InChI is InChI=1S/C9H15N3/c1-6-4-3-5-8-7(2)11-9(10)12(6)8/h6H,3-5H2,1-2H3,(H2,10,11). The molecule has 3 nitrogen and oxygen atoms in total. The Bertz CT molecular complexity index is 301. The molecule has 0 radical (unpaired) electrons. The van der Waals surface area contributed by atoms with E-state index in [0.717, 1.165) is 12.1 Å². The van der Waals surface area contributed by atoms with Crippen molar-refractivity contribution in [1.82, 2.24) is 9.55 Å². The van der Waals surface area contributed by atoms with Crippen molar-refractivity contribution in [3.05, 3.63) is 11.4 Å². The highest BCUT2D eigenvalue weighted by atomic mass is 15.2. The fraction of sp³-hybridized carbons (Fsp3) is 0.667. The van der Waals surface area contributed by atoms with E-state index >= 15 is 0 Å². The van der Waals surface area contributed by atoms with Gasteiger partial charge < -0.3 is 10.3 Å². The Labute approximate surface area is 72.6 Å². The number of anilines is 1. The molecule has 12 heavy (non-hydrogen) atoms. The van der Waals surface area contributed by atoms with Gasteiger partial charge in [-0.2, -0.15) is 0 Å². The Kier molecular flexibility index (Phi) is 1.60. The number of aryl methyl sites for hydroxylation is 1. The van der Waals surface area contributed by atoms with Crippen LogP contribution in [-0.4, -0.2) is 9.55 Å². The minimum absolute atomic E-state index is 0.537. The number of hydrogen-bond acceptors (Lipinski definition) is 2. The minimum Gasteiger partial charge on any atom is -0.369 e. The summed E-state index contributed by atoms with van der Waals surface area (Å²) < 4.78 is 2.18. The van der Waals surface area contributed by atoms with Crippen LogP contribution in [0.4, 0.5) is 5.95 Å². The van der Waals surface area contributed by atoms with Crippen LogP contribution < -0.4 is 5.73 Å². The topological polar surface area (TPSA) is 43.8 Å². The lowest BCUT2D eigenvalue weighted by Gasteiger charge is -2.23. The monoisotopic (exact) mass is 165 g/mol. The zero-order chi connectivity index (χ0) is 8.72. The molecule has 0 bridgehead atoms. The molecule has 1 aliphatic rings. The maximum atomic E-state index is 5.80. The number of nitrogens with two attached hydrogens (primary N) is 1. The summed E-state index contributed by atoms with van der Waals surface area (Å²) in [5.74, 6) is 0.690. The van der Waals surface area contributed by atoms with Gasteiger partial charge in [-0.15, -0.1) is 0 Å². The van der Waals surface area contributed by atoms with Gasteiger partial charge in [0.25, 0.3) is 0 Å². The fourth-order valence-electron chi connectivity index (χ4n) is 2.09. The lowest BCUT2D eigenvalue weighted by atomic mass is 10.0. The first kappa shape index (κ1) is 7.65. The molecule has 0 amide bonds. The second-order valence-corrected chi connectivity index (χ2v) is 3.61. The molecule has 0 aromatic carbocycles. The Morgan fingerprint density at radius 3 is 3.00 bits per heavy atom. The van der Waals surface area contributed by atoms with E-state index in [0.29, 0.717) is 12.0 Å². The molecule has 3 heteroatoms. The maximum Gasteiger partial charge on any atom is 0.200 e. The van der Waals surface area contributed by atoms with Crippen molar-refractivity contribution in [2.45, 2.75) is 39.2 Å². The van der Waals surface area contributed by atoms with Crippen molar-refractivity contribution in [1.29, 1.82) is 0 Å². The summed E-state index contributed by atoms with van der Waals surface area (Å²) in [5.41, 5.74) is 8.25. The third kappa shape index (κ3) is 0.924. The molecule has 1 aliphatic heterocycles. The number of rotatable bonds is 0. The highest BCUT2D eigenvalue weighted by molar-refractivity contribution is 5.30. The van der Waals surface area contributed by atoms with Crippen LogP contribution in [0.3, 0.4) is 0 Å². The van der Waals surface area contributed by atoms with E-state index in [1.54, 1.807) is 0 Å². The summed E-state index contributed by atoms with van der Waals surface area (Å²) >= 11 is 0. The minimum atomic E-state index is 0.537. The normalized spacial score (nSPS) is 22.3. The van der Waals surface area contributed by atoms with Crippen LogP contribution in [0.2, 0.25) is 0 Å². The van der Waals surface area contributed by atoms with Gasteiger partial charge in [-0.1, -0.05) is 0 Å². The first-order valence-corrected chi connectivity index (χ1v) is 4.53. The van der Waals surface area contributed by atoms with Crippen molar-refractivity contribution in [2.75, 3.05) is 5.73 Å². The Morgan fingerprint density at radius 2 is 2.33 bits per heavy atom. The van der Waals surface area contributed by atoms with Crippen LogP contribution in [0.1, 0.15) is 37.2 Å². The van der Waals surface area contributed by atoms with Crippen molar-refractivity contribution < 1.29 is 0 Å². The predicted octanol–water partition coefficient (Wildman–Crippen LogP) is 1.67. The van der Waals surface area contributed by atoms with Crippen LogP contribution in [0.25, 0.3) is 0 Å². The SMILES string of the molecule is Cc1nc(N)n2c1CCCC2C. The second-order valence-electron chi connectivity index (χ2n) is 3.61. The zero-order valence-electron chi connectivity index (χ0n) is 7.67. The summed E-state index contributed by atoms with van der Waals surface area (Å²) in [6.45, 7) is 4.25. The molecule has 0 saturated heterocycles. The van der Waals surface area contributed by atoms with E-state index in [2.05, 4.69) is 16.5 Å². The van der Waals surface area contributed by atoms with Crippen LogP contribution in [0.5, 0.6) is 0 Å². The van der Waals surface area contributed by atoms with Crippen molar-refractivity contribution in [2.24, 2.45) is 0 Å². The molecule has 66 valence electrons. The number of imidazole rings is 1. The third-order valence-corrected chi connectivity index (χ3v) is 2.71. The van der Waals surface area contributed by atoms with Gasteiger partial charge in [0.1, 0.15) is 0 Å². The van der Waals surface area contributed by atoms with Gasteiger partial charge in [0, 0.05) is 11.7 Å². The number of hydrogen-bond donors (Lipinski definition) is 1. The highest BCUT2D eigenvalue weighted by Crippen LogP contribution is 2.28. The Morgan fingerprint density at radius 1 is 1.58 bits per heavy atom. The average molecular weight is 165 g/mol.